The van der Waals surface area contributed by atoms with E-state index in [0.717, 1.165) is 17.8 Å². The minimum absolute atomic E-state index is 0.204. The lowest BCUT2D eigenvalue weighted by Crippen LogP contribution is -2.05. The van der Waals surface area contributed by atoms with Crippen molar-refractivity contribution in [3.8, 4) is 11.1 Å². The van der Waals surface area contributed by atoms with Crippen molar-refractivity contribution < 1.29 is 0 Å². The van der Waals surface area contributed by atoms with E-state index in [2.05, 4.69) is 54.4 Å². The largest absolute Gasteiger partial charge is 0.398 e. The second kappa shape index (κ2) is 4.99. The summed E-state index contributed by atoms with van der Waals surface area (Å²) < 4.78 is 0. The van der Waals surface area contributed by atoms with Gasteiger partial charge in [0.2, 0.25) is 0 Å². The predicted molar refractivity (Wildman–Crippen MR) is 90.9 cm³/mol. The van der Waals surface area contributed by atoms with Crippen molar-refractivity contribution in [2.75, 3.05) is 5.73 Å². The molecule has 0 unspecified atom stereocenters. The standard InChI is InChI=1S/C20H18N2/c1-13(19-8-4-5-11-22-19)15-9-10-17-16-7-3-2-6-14(16)12-18(17)20(15)21/h2-11,13H,12,21H2,1H3/t13-/m1/s1. The molecule has 2 heteroatoms. The summed E-state index contributed by atoms with van der Waals surface area (Å²) >= 11 is 0. The van der Waals surface area contributed by atoms with Gasteiger partial charge in [0.05, 0.1) is 0 Å². The predicted octanol–water partition coefficient (Wildman–Crippen LogP) is 4.39. The van der Waals surface area contributed by atoms with Crippen LogP contribution in [0, 0.1) is 0 Å². The highest BCUT2D eigenvalue weighted by molar-refractivity contribution is 5.82. The van der Waals surface area contributed by atoms with Gasteiger partial charge >= 0.3 is 0 Å². The van der Waals surface area contributed by atoms with E-state index in [4.69, 9.17) is 5.73 Å². The lowest BCUT2D eigenvalue weighted by atomic mass is 9.91. The Labute approximate surface area is 130 Å². The summed E-state index contributed by atoms with van der Waals surface area (Å²) in [5.41, 5.74) is 14.9. The molecule has 1 aliphatic rings. The molecule has 0 spiro atoms. The summed E-state index contributed by atoms with van der Waals surface area (Å²) in [5.74, 6) is 0.204. The minimum atomic E-state index is 0.204. The quantitative estimate of drug-likeness (QED) is 0.555. The number of anilines is 1. The first kappa shape index (κ1) is 13.1. The molecule has 22 heavy (non-hydrogen) atoms. The molecule has 0 aliphatic heterocycles. The molecule has 0 radical (unpaired) electrons. The number of nitrogens with zero attached hydrogens (tertiary/aromatic N) is 1. The van der Waals surface area contributed by atoms with Crippen LogP contribution in [0.4, 0.5) is 5.69 Å². The summed E-state index contributed by atoms with van der Waals surface area (Å²) in [6.45, 7) is 2.17. The fourth-order valence-electron chi connectivity index (χ4n) is 3.42. The van der Waals surface area contributed by atoms with E-state index in [1.54, 1.807) is 0 Å². The maximum absolute atomic E-state index is 6.52. The number of hydrogen-bond donors (Lipinski definition) is 1. The monoisotopic (exact) mass is 286 g/mol. The van der Waals surface area contributed by atoms with Crippen LogP contribution in [0.25, 0.3) is 11.1 Å². The van der Waals surface area contributed by atoms with Crippen molar-refractivity contribution in [1.82, 2.24) is 4.98 Å². The summed E-state index contributed by atoms with van der Waals surface area (Å²) in [5, 5.41) is 0. The average molecular weight is 286 g/mol. The first-order valence-corrected chi connectivity index (χ1v) is 7.66. The third-order valence-corrected chi connectivity index (χ3v) is 4.66. The van der Waals surface area contributed by atoms with Gasteiger partial charge in [0.15, 0.2) is 0 Å². The summed E-state index contributed by atoms with van der Waals surface area (Å²) in [6, 6.07) is 19.0. The van der Waals surface area contributed by atoms with Crippen molar-refractivity contribution in [3.63, 3.8) is 0 Å². The Hall–Kier alpha value is -2.61. The van der Waals surface area contributed by atoms with Crippen molar-refractivity contribution >= 4 is 5.69 Å². The fourth-order valence-corrected chi connectivity index (χ4v) is 3.42. The first-order chi connectivity index (χ1) is 10.8. The Morgan fingerprint density at radius 1 is 0.955 bits per heavy atom. The Balaban J connectivity index is 1.81. The van der Waals surface area contributed by atoms with Crippen LogP contribution < -0.4 is 5.73 Å². The number of benzene rings is 2. The van der Waals surface area contributed by atoms with Crippen LogP contribution in [0.15, 0.2) is 60.8 Å². The molecule has 4 rings (SSSR count). The molecule has 1 atom stereocenters. The topological polar surface area (TPSA) is 38.9 Å². The molecule has 0 bridgehead atoms. The van der Waals surface area contributed by atoms with Crippen molar-refractivity contribution in [2.24, 2.45) is 0 Å². The van der Waals surface area contributed by atoms with Gasteiger partial charge in [-0.05, 0) is 39.9 Å². The van der Waals surface area contributed by atoms with Gasteiger partial charge in [0.25, 0.3) is 0 Å². The van der Waals surface area contributed by atoms with E-state index in [9.17, 15) is 0 Å². The summed E-state index contributed by atoms with van der Waals surface area (Å²) in [4.78, 5) is 4.47. The van der Waals surface area contributed by atoms with E-state index < -0.39 is 0 Å². The lowest BCUT2D eigenvalue weighted by Gasteiger charge is -2.17. The van der Waals surface area contributed by atoms with E-state index in [0.29, 0.717) is 0 Å². The zero-order valence-corrected chi connectivity index (χ0v) is 12.6. The highest BCUT2D eigenvalue weighted by Crippen LogP contribution is 2.42. The van der Waals surface area contributed by atoms with E-state index in [1.165, 1.54) is 27.8 Å². The first-order valence-electron chi connectivity index (χ1n) is 7.66. The molecule has 0 saturated heterocycles. The molecule has 1 aliphatic carbocycles. The van der Waals surface area contributed by atoms with Gasteiger partial charge in [-0.15, -0.1) is 0 Å². The highest BCUT2D eigenvalue weighted by Gasteiger charge is 2.23. The summed E-state index contributed by atoms with van der Waals surface area (Å²) in [6.07, 6.45) is 2.77. The average Bonchev–Trinajstić information content (AvgIpc) is 2.95. The molecule has 0 fully saturated rings. The van der Waals surface area contributed by atoms with Gasteiger partial charge in [0, 0.05) is 29.9 Å². The van der Waals surface area contributed by atoms with Gasteiger partial charge in [-0.3, -0.25) is 4.98 Å². The highest BCUT2D eigenvalue weighted by atomic mass is 14.7. The van der Waals surface area contributed by atoms with Crippen molar-refractivity contribution in [1.29, 1.82) is 0 Å². The number of hydrogen-bond acceptors (Lipinski definition) is 2. The van der Waals surface area contributed by atoms with Crippen LogP contribution in [0.2, 0.25) is 0 Å². The molecule has 2 nitrogen and oxygen atoms in total. The van der Waals surface area contributed by atoms with E-state index in [1.807, 2.05) is 18.3 Å². The van der Waals surface area contributed by atoms with Gasteiger partial charge < -0.3 is 5.73 Å². The third kappa shape index (κ3) is 1.92. The Bertz CT molecular complexity index is 838. The van der Waals surface area contributed by atoms with Gasteiger partial charge in [-0.1, -0.05) is 49.4 Å². The Kier molecular flexibility index (Phi) is 2.97. The van der Waals surface area contributed by atoms with Crippen LogP contribution in [0.3, 0.4) is 0 Å². The molecule has 108 valence electrons. The third-order valence-electron chi connectivity index (χ3n) is 4.66. The second-order valence-corrected chi connectivity index (χ2v) is 5.90. The van der Waals surface area contributed by atoms with Gasteiger partial charge in [-0.25, -0.2) is 0 Å². The molecule has 1 aromatic heterocycles. The fraction of sp³-hybridized carbons (Fsp3) is 0.150. The van der Waals surface area contributed by atoms with Crippen molar-refractivity contribution in [3.05, 3.63) is 83.2 Å². The number of pyridine rings is 1. The molecular weight excluding hydrogens is 268 g/mol. The molecule has 0 saturated carbocycles. The molecule has 3 aromatic rings. The van der Waals surface area contributed by atoms with Gasteiger partial charge in [0.1, 0.15) is 0 Å². The summed E-state index contributed by atoms with van der Waals surface area (Å²) in [7, 11) is 0. The molecule has 2 aromatic carbocycles. The molecule has 2 N–H and O–H groups in total. The zero-order chi connectivity index (χ0) is 15.1. The Morgan fingerprint density at radius 3 is 2.59 bits per heavy atom. The number of rotatable bonds is 2. The zero-order valence-electron chi connectivity index (χ0n) is 12.6. The van der Waals surface area contributed by atoms with Crippen LogP contribution in [-0.4, -0.2) is 4.98 Å². The SMILES string of the molecule is C[C@@H](c1ccccn1)c1ccc2c(c1N)Cc1ccccc1-2. The van der Waals surface area contributed by atoms with Crippen LogP contribution >= 0.6 is 0 Å². The number of aromatic nitrogens is 1. The molecular formula is C20H18N2. The smallest absolute Gasteiger partial charge is 0.0476 e. The van der Waals surface area contributed by atoms with Crippen LogP contribution in [-0.2, 0) is 6.42 Å². The normalized spacial score (nSPS) is 13.5. The minimum Gasteiger partial charge on any atom is -0.398 e. The van der Waals surface area contributed by atoms with Crippen LogP contribution in [0.1, 0.15) is 35.2 Å². The van der Waals surface area contributed by atoms with Crippen LogP contribution in [0.5, 0.6) is 0 Å². The maximum Gasteiger partial charge on any atom is 0.0476 e. The number of nitrogen functional groups attached to an aromatic ring is 1. The number of fused-ring (bicyclic) bond motifs is 3. The van der Waals surface area contributed by atoms with E-state index in [-0.39, 0.29) is 5.92 Å². The second-order valence-electron chi connectivity index (χ2n) is 5.90. The lowest BCUT2D eigenvalue weighted by molar-refractivity contribution is 0.873. The van der Waals surface area contributed by atoms with Crippen molar-refractivity contribution in [2.45, 2.75) is 19.3 Å². The Morgan fingerprint density at radius 2 is 1.77 bits per heavy atom. The van der Waals surface area contributed by atoms with Gasteiger partial charge in [-0.2, -0.15) is 0 Å². The maximum atomic E-state index is 6.52. The molecule has 1 heterocycles. The number of nitrogens with two attached hydrogens (primary N) is 1. The van der Waals surface area contributed by atoms with E-state index >= 15 is 0 Å². The molecule has 0 amide bonds.